The molecule has 3 aromatic rings. The third kappa shape index (κ3) is 5.43. The average molecular weight is 437 g/mol. The molecule has 0 bridgehead atoms. The van der Waals surface area contributed by atoms with Crippen LogP contribution in [0.3, 0.4) is 0 Å². The van der Waals surface area contributed by atoms with Crippen molar-refractivity contribution in [1.82, 2.24) is 9.29 Å². The minimum atomic E-state index is -3.92. The standard InChI is InChI=1S/C19H17F2N3O3S2/c1-24(29(26,27)17-8-6-15(21)7-9-17)12-18(25)23-19-22-11-16(28-19)10-13-2-4-14(20)5-3-13/h2-9,11H,10,12H2,1H3,(H,22,23,25). The lowest BCUT2D eigenvalue weighted by Gasteiger charge is -2.16. The van der Waals surface area contributed by atoms with E-state index >= 15 is 0 Å². The Morgan fingerprint density at radius 1 is 1.07 bits per heavy atom. The fraction of sp³-hybridized carbons (Fsp3) is 0.158. The molecular formula is C19H17F2N3O3S2. The van der Waals surface area contributed by atoms with Crippen molar-refractivity contribution in [2.45, 2.75) is 11.3 Å². The van der Waals surface area contributed by atoms with Crippen molar-refractivity contribution in [3.8, 4) is 0 Å². The minimum Gasteiger partial charge on any atom is -0.301 e. The number of nitrogens with zero attached hydrogens (tertiary/aromatic N) is 2. The summed E-state index contributed by atoms with van der Waals surface area (Å²) in [6.07, 6.45) is 2.13. The van der Waals surface area contributed by atoms with Gasteiger partial charge in [-0.25, -0.2) is 22.2 Å². The molecule has 29 heavy (non-hydrogen) atoms. The number of halogens is 2. The van der Waals surface area contributed by atoms with Crippen molar-refractivity contribution in [3.05, 3.63) is 76.8 Å². The molecular weight excluding hydrogens is 420 g/mol. The summed E-state index contributed by atoms with van der Waals surface area (Å²) < 4.78 is 51.7. The molecule has 152 valence electrons. The lowest BCUT2D eigenvalue weighted by atomic mass is 10.1. The van der Waals surface area contributed by atoms with Crippen LogP contribution in [0.15, 0.2) is 59.6 Å². The molecule has 0 saturated carbocycles. The summed E-state index contributed by atoms with van der Waals surface area (Å²) >= 11 is 1.25. The number of rotatable bonds is 7. The van der Waals surface area contributed by atoms with Crippen molar-refractivity contribution < 1.29 is 22.0 Å². The summed E-state index contributed by atoms with van der Waals surface area (Å²) in [5, 5.41) is 2.90. The number of amides is 1. The van der Waals surface area contributed by atoms with Crippen LogP contribution >= 0.6 is 11.3 Å². The van der Waals surface area contributed by atoms with Gasteiger partial charge in [0.15, 0.2) is 5.13 Å². The van der Waals surface area contributed by atoms with E-state index in [1.54, 1.807) is 18.3 Å². The van der Waals surface area contributed by atoms with Crippen LogP contribution in [0.25, 0.3) is 0 Å². The van der Waals surface area contributed by atoms with E-state index in [-0.39, 0.29) is 10.7 Å². The van der Waals surface area contributed by atoms with Crippen molar-refractivity contribution in [2.24, 2.45) is 0 Å². The number of hydrogen-bond donors (Lipinski definition) is 1. The van der Waals surface area contributed by atoms with Crippen LogP contribution in [0, 0.1) is 11.6 Å². The van der Waals surface area contributed by atoms with E-state index in [0.29, 0.717) is 11.6 Å². The number of thiazole rings is 1. The Kier molecular flexibility index (Phi) is 6.36. The van der Waals surface area contributed by atoms with Crippen LogP contribution < -0.4 is 5.32 Å². The Balaban J connectivity index is 1.59. The second kappa shape index (κ2) is 8.76. The Hall–Kier alpha value is -2.69. The number of nitrogens with one attached hydrogen (secondary N) is 1. The molecule has 0 unspecified atom stereocenters. The van der Waals surface area contributed by atoms with Gasteiger partial charge in [0.25, 0.3) is 0 Å². The van der Waals surface area contributed by atoms with Crippen LogP contribution in [0.1, 0.15) is 10.4 Å². The Morgan fingerprint density at radius 2 is 1.66 bits per heavy atom. The maximum Gasteiger partial charge on any atom is 0.243 e. The van der Waals surface area contributed by atoms with Gasteiger partial charge in [-0.2, -0.15) is 4.31 Å². The third-order valence-electron chi connectivity index (χ3n) is 3.98. The number of anilines is 1. The maximum absolute atomic E-state index is 13.0. The maximum atomic E-state index is 13.0. The first-order valence-electron chi connectivity index (χ1n) is 8.45. The molecule has 3 rings (SSSR count). The van der Waals surface area contributed by atoms with E-state index in [9.17, 15) is 22.0 Å². The Morgan fingerprint density at radius 3 is 2.28 bits per heavy atom. The zero-order chi connectivity index (χ0) is 21.0. The fourth-order valence-corrected chi connectivity index (χ4v) is 4.47. The smallest absolute Gasteiger partial charge is 0.243 e. The highest BCUT2D eigenvalue weighted by atomic mass is 32.2. The van der Waals surface area contributed by atoms with Crippen LogP contribution in [-0.4, -0.2) is 37.2 Å². The summed E-state index contributed by atoms with van der Waals surface area (Å²) in [5.74, 6) is -1.42. The second-order valence-corrected chi connectivity index (χ2v) is 9.36. The molecule has 2 aromatic carbocycles. The quantitative estimate of drug-likeness (QED) is 0.615. The van der Waals surface area contributed by atoms with Gasteiger partial charge in [0.2, 0.25) is 15.9 Å². The lowest BCUT2D eigenvalue weighted by molar-refractivity contribution is -0.116. The topological polar surface area (TPSA) is 79.4 Å². The van der Waals surface area contributed by atoms with E-state index in [1.165, 1.54) is 30.5 Å². The predicted molar refractivity (Wildman–Crippen MR) is 106 cm³/mol. The van der Waals surface area contributed by atoms with E-state index in [1.807, 2.05) is 0 Å². The van der Waals surface area contributed by atoms with E-state index < -0.39 is 28.3 Å². The molecule has 6 nitrogen and oxygen atoms in total. The first-order valence-corrected chi connectivity index (χ1v) is 10.7. The van der Waals surface area contributed by atoms with Gasteiger partial charge < -0.3 is 5.32 Å². The second-order valence-electron chi connectivity index (χ2n) is 6.20. The highest BCUT2D eigenvalue weighted by Gasteiger charge is 2.23. The number of hydrogen-bond acceptors (Lipinski definition) is 5. The summed E-state index contributed by atoms with van der Waals surface area (Å²) in [6.45, 7) is -0.424. The SMILES string of the molecule is CN(CC(=O)Nc1ncc(Cc2ccc(F)cc2)s1)S(=O)(=O)c1ccc(F)cc1. The van der Waals surface area contributed by atoms with Crippen molar-refractivity contribution in [1.29, 1.82) is 0 Å². The summed E-state index contributed by atoms with van der Waals surface area (Å²) in [4.78, 5) is 17.1. The number of benzene rings is 2. The van der Waals surface area contributed by atoms with E-state index in [4.69, 9.17) is 0 Å². The van der Waals surface area contributed by atoms with Gasteiger partial charge in [-0.1, -0.05) is 12.1 Å². The number of carbonyl (C=O) groups is 1. The molecule has 0 aliphatic heterocycles. The molecule has 1 aromatic heterocycles. The van der Waals surface area contributed by atoms with Gasteiger partial charge in [0.05, 0.1) is 11.4 Å². The molecule has 1 amide bonds. The molecule has 0 radical (unpaired) electrons. The van der Waals surface area contributed by atoms with Crippen molar-refractivity contribution >= 4 is 32.4 Å². The highest BCUT2D eigenvalue weighted by molar-refractivity contribution is 7.89. The molecule has 0 atom stereocenters. The molecule has 10 heteroatoms. The molecule has 1 N–H and O–H groups in total. The minimum absolute atomic E-state index is 0.106. The van der Waals surface area contributed by atoms with Gasteiger partial charge >= 0.3 is 0 Å². The predicted octanol–water partition coefficient (Wildman–Crippen LogP) is 3.27. The van der Waals surface area contributed by atoms with Crippen molar-refractivity contribution in [2.75, 3.05) is 18.9 Å². The van der Waals surface area contributed by atoms with Gasteiger partial charge in [-0.05, 0) is 42.0 Å². The first-order chi connectivity index (χ1) is 13.7. The number of aromatic nitrogens is 1. The van der Waals surface area contributed by atoms with Gasteiger partial charge in [0, 0.05) is 24.5 Å². The monoisotopic (exact) mass is 437 g/mol. The van der Waals surface area contributed by atoms with Gasteiger partial charge in [0.1, 0.15) is 11.6 Å². The van der Waals surface area contributed by atoms with Crippen LogP contribution in [-0.2, 0) is 21.2 Å². The van der Waals surface area contributed by atoms with Gasteiger partial charge in [-0.3, -0.25) is 4.79 Å². The molecule has 1 heterocycles. The number of likely N-dealkylation sites (N-methyl/N-ethyl adjacent to an activating group) is 1. The molecule has 0 aliphatic rings. The third-order valence-corrected chi connectivity index (χ3v) is 6.71. The molecule has 0 fully saturated rings. The molecule has 0 spiro atoms. The fourth-order valence-electron chi connectivity index (χ4n) is 2.48. The zero-order valence-corrected chi connectivity index (χ0v) is 16.9. The zero-order valence-electron chi connectivity index (χ0n) is 15.3. The van der Waals surface area contributed by atoms with Crippen LogP contribution in [0.5, 0.6) is 0 Å². The number of carbonyl (C=O) groups excluding carboxylic acids is 1. The van der Waals surface area contributed by atoms with E-state index in [2.05, 4.69) is 10.3 Å². The molecule has 0 saturated heterocycles. The summed E-state index contributed by atoms with van der Waals surface area (Å²) in [7, 11) is -2.66. The lowest BCUT2D eigenvalue weighted by Crippen LogP contribution is -2.34. The normalized spacial score (nSPS) is 11.6. The Labute approximate surface area is 170 Å². The Bertz CT molecular complexity index is 1100. The summed E-state index contributed by atoms with van der Waals surface area (Å²) in [5.41, 5.74) is 0.901. The summed E-state index contributed by atoms with van der Waals surface area (Å²) in [6, 6.07) is 10.4. The van der Waals surface area contributed by atoms with Crippen LogP contribution in [0.4, 0.5) is 13.9 Å². The van der Waals surface area contributed by atoms with Gasteiger partial charge in [-0.15, -0.1) is 11.3 Å². The average Bonchev–Trinajstić information content (AvgIpc) is 3.10. The number of sulfonamides is 1. The van der Waals surface area contributed by atoms with E-state index in [0.717, 1.165) is 39.0 Å². The van der Waals surface area contributed by atoms with Crippen molar-refractivity contribution in [3.63, 3.8) is 0 Å². The largest absolute Gasteiger partial charge is 0.301 e. The molecule has 0 aliphatic carbocycles. The first kappa shape index (κ1) is 21.0. The highest BCUT2D eigenvalue weighted by Crippen LogP contribution is 2.22. The van der Waals surface area contributed by atoms with Crippen LogP contribution in [0.2, 0.25) is 0 Å².